The molecule has 0 spiro atoms. The van der Waals surface area contributed by atoms with Crippen LogP contribution in [-0.2, 0) is 24.3 Å². The molecule has 2 aromatic carbocycles. The minimum Gasteiger partial charge on any atom is -0.324 e. The normalized spacial score (nSPS) is 18.1. The summed E-state index contributed by atoms with van der Waals surface area (Å²) >= 11 is 1.66. The number of fused-ring (bicyclic) bond motifs is 2. The number of aromatic nitrogens is 4. The average Bonchev–Trinajstić information content (AvgIpc) is 3.59. The van der Waals surface area contributed by atoms with Crippen molar-refractivity contribution < 1.29 is 13.9 Å². The standard InChI is InChI=1S/C35H42N6O3S2/c1-7-41-29-15-14-28(23(3)33(29)38-39-41)32(35(5,6)34(42)37-27-12-10-16-36-19-27)30-18-26(24(4)45-30)21-40-20-22(2)17-25-11-8-9-13-31(25)46(40,43)44/h8-16,18-19,22,32,43-44H,7,17,20-21H2,1-6H3,(H,37,42). The monoisotopic (exact) mass is 658 g/mol. The SMILES string of the molecule is CCn1nnc2c(C)c(C(c3cc(CN4CC(C)Cc5ccccc5S4(O)O)c(C)s3)C(C)(C)C(=O)Nc3cccnc3)ccc21. The Hall–Kier alpha value is -3.61. The Balaban J connectivity index is 1.42. The summed E-state index contributed by atoms with van der Waals surface area (Å²) in [5.41, 5.74) is 5.56. The van der Waals surface area contributed by atoms with Gasteiger partial charge in [-0.15, -0.1) is 27.2 Å². The van der Waals surface area contributed by atoms with E-state index in [1.807, 2.05) is 60.1 Å². The minimum atomic E-state index is -3.19. The van der Waals surface area contributed by atoms with Crippen LogP contribution in [0.25, 0.3) is 11.0 Å². The van der Waals surface area contributed by atoms with Crippen LogP contribution < -0.4 is 5.32 Å². The first kappa shape index (κ1) is 32.3. The summed E-state index contributed by atoms with van der Waals surface area (Å²) in [6.45, 7) is 14.0. The Labute approximate surface area is 276 Å². The lowest BCUT2D eigenvalue weighted by Crippen LogP contribution is -2.37. The fraction of sp³-hybridized carbons (Fsp3) is 0.371. The van der Waals surface area contributed by atoms with Crippen molar-refractivity contribution in [1.82, 2.24) is 24.3 Å². The van der Waals surface area contributed by atoms with E-state index in [2.05, 4.69) is 59.6 Å². The lowest BCUT2D eigenvalue weighted by atomic mass is 9.72. The van der Waals surface area contributed by atoms with E-state index >= 15 is 0 Å². The molecule has 3 N–H and O–H groups in total. The second-order valence-electron chi connectivity index (χ2n) is 12.9. The Morgan fingerprint density at radius 3 is 2.67 bits per heavy atom. The molecule has 46 heavy (non-hydrogen) atoms. The lowest BCUT2D eigenvalue weighted by Gasteiger charge is -2.42. The summed E-state index contributed by atoms with van der Waals surface area (Å²) in [6, 6.07) is 17.6. The fourth-order valence-electron chi connectivity index (χ4n) is 6.65. The molecule has 1 aliphatic rings. The molecule has 9 nitrogen and oxygen atoms in total. The molecule has 2 atom stereocenters. The number of hydrogen-bond acceptors (Lipinski definition) is 8. The van der Waals surface area contributed by atoms with Crippen LogP contribution in [0.15, 0.2) is 71.9 Å². The van der Waals surface area contributed by atoms with Crippen molar-refractivity contribution in [2.45, 2.75) is 71.9 Å². The molecular formula is C35H42N6O3S2. The van der Waals surface area contributed by atoms with E-state index in [1.165, 1.54) is 0 Å². The molecule has 11 heteroatoms. The Kier molecular flexibility index (Phi) is 8.81. The van der Waals surface area contributed by atoms with E-state index in [0.29, 0.717) is 30.2 Å². The Morgan fingerprint density at radius 1 is 1.15 bits per heavy atom. The fourth-order valence-corrected chi connectivity index (χ4v) is 9.82. The molecule has 5 aromatic rings. The predicted molar refractivity (Wildman–Crippen MR) is 186 cm³/mol. The maximum Gasteiger partial charge on any atom is 0.231 e. The summed E-state index contributed by atoms with van der Waals surface area (Å²) < 4.78 is 27.0. The van der Waals surface area contributed by atoms with Crippen molar-refractivity contribution in [3.63, 3.8) is 0 Å². The van der Waals surface area contributed by atoms with Crippen LogP contribution in [0.5, 0.6) is 0 Å². The number of amides is 1. The third kappa shape index (κ3) is 5.86. The van der Waals surface area contributed by atoms with Crippen LogP contribution in [0, 0.1) is 25.2 Å². The van der Waals surface area contributed by atoms with Gasteiger partial charge in [0.05, 0.1) is 27.7 Å². The number of carbonyl (C=O) groups is 1. The van der Waals surface area contributed by atoms with Gasteiger partial charge in [-0.25, -0.2) is 4.68 Å². The van der Waals surface area contributed by atoms with Gasteiger partial charge in [0, 0.05) is 41.5 Å². The molecule has 0 saturated heterocycles. The zero-order chi connectivity index (χ0) is 32.8. The number of carbonyl (C=O) groups excluding carboxylic acids is 1. The summed E-state index contributed by atoms with van der Waals surface area (Å²) in [7, 11) is -3.19. The third-order valence-corrected chi connectivity index (χ3v) is 12.3. The van der Waals surface area contributed by atoms with Crippen molar-refractivity contribution in [3.8, 4) is 0 Å². The number of hydrogen-bond donors (Lipinski definition) is 3. The van der Waals surface area contributed by atoms with Crippen molar-refractivity contribution in [3.05, 3.63) is 99.0 Å². The third-order valence-electron chi connectivity index (χ3n) is 9.20. The number of thiophene rings is 1. The molecule has 1 amide bonds. The van der Waals surface area contributed by atoms with E-state index in [4.69, 9.17) is 0 Å². The number of aryl methyl sites for hydroxylation is 3. The molecule has 4 heterocycles. The molecule has 0 radical (unpaired) electrons. The second-order valence-corrected chi connectivity index (χ2v) is 16.2. The quantitative estimate of drug-likeness (QED) is 0.155. The number of anilines is 1. The predicted octanol–water partition coefficient (Wildman–Crippen LogP) is 8.04. The van der Waals surface area contributed by atoms with Crippen molar-refractivity contribution in [1.29, 1.82) is 0 Å². The number of nitrogens with zero attached hydrogens (tertiary/aromatic N) is 5. The first-order valence-electron chi connectivity index (χ1n) is 15.7. The molecule has 242 valence electrons. The molecular weight excluding hydrogens is 617 g/mol. The highest BCUT2D eigenvalue weighted by Crippen LogP contribution is 2.56. The first-order valence-corrected chi connectivity index (χ1v) is 18.0. The molecule has 1 aliphatic heterocycles. The maximum absolute atomic E-state index is 14.1. The van der Waals surface area contributed by atoms with Crippen LogP contribution in [0.3, 0.4) is 0 Å². The van der Waals surface area contributed by atoms with Crippen molar-refractivity contribution in [2.24, 2.45) is 11.3 Å². The van der Waals surface area contributed by atoms with Crippen molar-refractivity contribution in [2.75, 3.05) is 11.9 Å². The topological polar surface area (TPSA) is 116 Å². The molecule has 0 aliphatic carbocycles. The lowest BCUT2D eigenvalue weighted by molar-refractivity contribution is -0.124. The van der Waals surface area contributed by atoms with Crippen LogP contribution >= 0.6 is 22.1 Å². The van der Waals surface area contributed by atoms with Gasteiger partial charge in [-0.2, -0.15) is 4.31 Å². The number of pyridine rings is 1. The highest BCUT2D eigenvalue weighted by Gasteiger charge is 2.42. The minimum absolute atomic E-state index is 0.123. The van der Waals surface area contributed by atoms with Crippen molar-refractivity contribution >= 4 is 44.7 Å². The largest absolute Gasteiger partial charge is 0.324 e. The van der Waals surface area contributed by atoms with Gasteiger partial charge >= 0.3 is 0 Å². The van der Waals surface area contributed by atoms with Gasteiger partial charge in [-0.05, 0) is 85.7 Å². The summed E-state index contributed by atoms with van der Waals surface area (Å²) in [6.07, 6.45) is 4.12. The van der Waals surface area contributed by atoms with E-state index in [0.717, 1.165) is 49.5 Å². The van der Waals surface area contributed by atoms with Crippen LogP contribution in [-0.4, -0.2) is 45.8 Å². The van der Waals surface area contributed by atoms with E-state index in [9.17, 15) is 13.9 Å². The molecule has 0 fully saturated rings. The highest BCUT2D eigenvalue weighted by atomic mass is 32.3. The first-order chi connectivity index (χ1) is 21.9. The van der Waals surface area contributed by atoms with Crippen LogP contribution in [0.1, 0.15) is 65.6 Å². The van der Waals surface area contributed by atoms with E-state index < -0.39 is 16.2 Å². The number of benzene rings is 2. The Bertz CT molecular complexity index is 1880. The van der Waals surface area contributed by atoms with Gasteiger partial charge in [0.15, 0.2) is 0 Å². The van der Waals surface area contributed by atoms with Gasteiger partial charge in [-0.3, -0.25) is 18.9 Å². The summed E-state index contributed by atoms with van der Waals surface area (Å²) in [5.74, 6) is -0.189. The van der Waals surface area contributed by atoms with Gasteiger partial charge < -0.3 is 5.32 Å². The van der Waals surface area contributed by atoms with Gasteiger partial charge in [0.25, 0.3) is 0 Å². The maximum atomic E-state index is 14.1. The Morgan fingerprint density at radius 2 is 1.93 bits per heavy atom. The molecule has 3 aromatic heterocycles. The van der Waals surface area contributed by atoms with E-state index in [1.54, 1.807) is 29.8 Å². The van der Waals surface area contributed by atoms with Gasteiger partial charge in [0.2, 0.25) is 5.91 Å². The average molecular weight is 659 g/mol. The highest BCUT2D eigenvalue weighted by molar-refractivity contribution is 8.22. The summed E-state index contributed by atoms with van der Waals surface area (Å²) in [5, 5.41) is 12.0. The zero-order valence-corrected chi connectivity index (χ0v) is 28.8. The molecule has 0 bridgehead atoms. The number of nitrogens with one attached hydrogen (secondary N) is 1. The molecule has 6 rings (SSSR count). The molecule has 0 saturated carbocycles. The van der Waals surface area contributed by atoms with Crippen LogP contribution in [0.2, 0.25) is 0 Å². The zero-order valence-electron chi connectivity index (χ0n) is 27.2. The second kappa shape index (κ2) is 12.5. The molecule has 2 unspecified atom stereocenters. The number of rotatable bonds is 8. The van der Waals surface area contributed by atoms with E-state index in [-0.39, 0.29) is 17.7 Å². The smallest absolute Gasteiger partial charge is 0.231 e. The van der Waals surface area contributed by atoms with Crippen LogP contribution in [0.4, 0.5) is 5.69 Å². The van der Waals surface area contributed by atoms with Gasteiger partial charge in [0.1, 0.15) is 5.52 Å². The summed E-state index contributed by atoms with van der Waals surface area (Å²) in [4.78, 5) is 21.0. The van der Waals surface area contributed by atoms with Gasteiger partial charge in [-0.1, -0.05) is 50.3 Å².